The van der Waals surface area contributed by atoms with E-state index in [1.165, 1.54) is 12.1 Å². The SMILES string of the molecule is CC(O)c1cc(F)ccc1N1CCCCC1C(N)=O. The Morgan fingerprint density at radius 2 is 2.26 bits per heavy atom. The number of primary amides is 1. The number of nitrogens with two attached hydrogens (primary N) is 1. The molecule has 1 amide bonds. The van der Waals surface area contributed by atoms with E-state index in [4.69, 9.17) is 5.73 Å². The Bertz CT molecular complexity index is 477. The van der Waals surface area contributed by atoms with Crippen LogP contribution >= 0.6 is 0 Å². The predicted molar refractivity (Wildman–Crippen MR) is 71.2 cm³/mol. The number of piperidine rings is 1. The molecule has 1 saturated heterocycles. The zero-order valence-electron chi connectivity index (χ0n) is 11.0. The molecule has 1 aromatic carbocycles. The van der Waals surface area contributed by atoms with Crippen LogP contribution in [0.15, 0.2) is 18.2 Å². The average molecular weight is 266 g/mol. The number of anilines is 1. The molecule has 19 heavy (non-hydrogen) atoms. The summed E-state index contributed by atoms with van der Waals surface area (Å²) in [5.41, 5.74) is 6.62. The fourth-order valence-electron chi connectivity index (χ4n) is 2.64. The molecule has 4 nitrogen and oxygen atoms in total. The standard InChI is InChI=1S/C14H19FN2O2/c1-9(18)11-8-10(15)5-6-12(11)17-7-3-2-4-13(17)14(16)19/h5-6,8-9,13,18H,2-4,7H2,1H3,(H2,16,19). The number of hydrogen-bond donors (Lipinski definition) is 2. The summed E-state index contributed by atoms with van der Waals surface area (Å²) in [6.45, 7) is 2.28. The van der Waals surface area contributed by atoms with Crippen molar-refractivity contribution >= 4 is 11.6 Å². The van der Waals surface area contributed by atoms with Crippen molar-refractivity contribution in [3.8, 4) is 0 Å². The third-order valence-electron chi connectivity index (χ3n) is 3.58. The molecule has 2 atom stereocenters. The monoisotopic (exact) mass is 266 g/mol. The highest BCUT2D eigenvalue weighted by Crippen LogP contribution is 2.31. The maximum atomic E-state index is 13.3. The Morgan fingerprint density at radius 3 is 2.89 bits per heavy atom. The van der Waals surface area contributed by atoms with Gasteiger partial charge in [-0.05, 0) is 44.4 Å². The molecule has 0 radical (unpaired) electrons. The number of benzene rings is 1. The van der Waals surface area contributed by atoms with Crippen molar-refractivity contribution in [2.45, 2.75) is 38.3 Å². The molecular formula is C14H19FN2O2. The molecule has 1 heterocycles. The molecule has 2 unspecified atom stereocenters. The van der Waals surface area contributed by atoms with Crippen molar-refractivity contribution in [3.63, 3.8) is 0 Å². The van der Waals surface area contributed by atoms with Crippen LogP contribution in [0.5, 0.6) is 0 Å². The second-order valence-corrected chi connectivity index (χ2v) is 4.99. The van der Waals surface area contributed by atoms with Crippen molar-refractivity contribution in [1.82, 2.24) is 0 Å². The molecule has 2 rings (SSSR count). The van der Waals surface area contributed by atoms with Crippen molar-refractivity contribution < 1.29 is 14.3 Å². The fraction of sp³-hybridized carbons (Fsp3) is 0.500. The zero-order valence-corrected chi connectivity index (χ0v) is 11.0. The number of aliphatic hydroxyl groups is 1. The van der Waals surface area contributed by atoms with Crippen LogP contribution in [-0.2, 0) is 4.79 Å². The Kier molecular flexibility index (Phi) is 4.04. The third kappa shape index (κ3) is 2.87. The second-order valence-electron chi connectivity index (χ2n) is 4.99. The Balaban J connectivity index is 2.41. The van der Waals surface area contributed by atoms with Gasteiger partial charge in [0, 0.05) is 17.8 Å². The van der Waals surface area contributed by atoms with E-state index in [0.29, 0.717) is 24.2 Å². The molecule has 0 saturated carbocycles. The number of amides is 1. The van der Waals surface area contributed by atoms with E-state index in [0.717, 1.165) is 12.8 Å². The zero-order chi connectivity index (χ0) is 14.0. The first-order valence-corrected chi connectivity index (χ1v) is 6.54. The van der Waals surface area contributed by atoms with Gasteiger partial charge in [0.1, 0.15) is 11.9 Å². The van der Waals surface area contributed by atoms with E-state index in [9.17, 15) is 14.3 Å². The molecule has 0 spiro atoms. The van der Waals surface area contributed by atoms with Gasteiger partial charge in [0.2, 0.25) is 5.91 Å². The van der Waals surface area contributed by atoms with Crippen LogP contribution in [-0.4, -0.2) is 23.6 Å². The molecule has 1 aromatic rings. The molecule has 3 N–H and O–H groups in total. The summed E-state index contributed by atoms with van der Waals surface area (Å²) >= 11 is 0. The molecule has 1 aliphatic heterocycles. The van der Waals surface area contributed by atoms with Crippen LogP contribution in [0.4, 0.5) is 10.1 Å². The van der Waals surface area contributed by atoms with Crippen LogP contribution in [0, 0.1) is 5.82 Å². The fourth-order valence-corrected chi connectivity index (χ4v) is 2.64. The van der Waals surface area contributed by atoms with E-state index in [-0.39, 0.29) is 11.9 Å². The quantitative estimate of drug-likeness (QED) is 0.875. The predicted octanol–water partition coefficient (Wildman–Crippen LogP) is 1.72. The Labute approximate surface area is 112 Å². The lowest BCUT2D eigenvalue weighted by Crippen LogP contribution is -2.48. The molecule has 0 bridgehead atoms. The molecule has 104 valence electrons. The molecule has 0 aromatic heterocycles. The van der Waals surface area contributed by atoms with E-state index in [1.54, 1.807) is 13.0 Å². The summed E-state index contributed by atoms with van der Waals surface area (Å²) in [4.78, 5) is 13.4. The summed E-state index contributed by atoms with van der Waals surface area (Å²) in [5.74, 6) is -0.771. The van der Waals surface area contributed by atoms with Gasteiger partial charge in [0.15, 0.2) is 0 Å². The minimum absolute atomic E-state index is 0.374. The minimum atomic E-state index is -0.791. The van der Waals surface area contributed by atoms with Crippen molar-refractivity contribution in [1.29, 1.82) is 0 Å². The Hall–Kier alpha value is -1.62. The summed E-state index contributed by atoms with van der Waals surface area (Å²) in [7, 11) is 0. The van der Waals surface area contributed by atoms with E-state index < -0.39 is 11.9 Å². The van der Waals surface area contributed by atoms with Gasteiger partial charge < -0.3 is 15.7 Å². The van der Waals surface area contributed by atoms with Crippen molar-refractivity contribution in [2.75, 3.05) is 11.4 Å². The first-order chi connectivity index (χ1) is 9.00. The third-order valence-corrected chi connectivity index (χ3v) is 3.58. The van der Waals surface area contributed by atoms with Gasteiger partial charge in [-0.1, -0.05) is 0 Å². The summed E-state index contributed by atoms with van der Waals surface area (Å²) < 4.78 is 13.3. The molecule has 5 heteroatoms. The normalized spacial score (nSPS) is 21.2. The van der Waals surface area contributed by atoms with Crippen LogP contribution in [0.2, 0.25) is 0 Å². The van der Waals surface area contributed by atoms with Crippen molar-refractivity contribution in [3.05, 3.63) is 29.6 Å². The van der Waals surface area contributed by atoms with Crippen LogP contribution in [0.3, 0.4) is 0 Å². The summed E-state index contributed by atoms with van der Waals surface area (Å²) in [5, 5.41) is 9.77. The lowest BCUT2D eigenvalue weighted by atomic mass is 9.98. The number of nitrogens with zero attached hydrogens (tertiary/aromatic N) is 1. The van der Waals surface area contributed by atoms with Crippen molar-refractivity contribution in [2.24, 2.45) is 5.73 Å². The van der Waals surface area contributed by atoms with Crippen LogP contribution < -0.4 is 10.6 Å². The summed E-state index contributed by atoms with van der Waals surface area (Å²) in [6.07, 6.45) is 1.82. The maximum absolute atomic E-state index is 13.3. The number of carbonyl (C=O) groups is 1. The number of rotatable bonds is 3. The van der Waals surface area contributed by atoms with Gasteiger partial charge in [0.25, 0.3) is 0 Å². The van der Waals surface area contributed by atoms with Gasteiger partial charge in [-0.25, -0.2) is 4.39 Å². The average Bonchev–Trinajstić information content (AvgIpc) is 2.38. The van der Waals surface area contributed by atoms with E-state index in [2.05, 4.69) is 0 Å². The smallest absolute Gasteiger partial charge is 0.240 e. The van der Waals surface area contributed by atoms with Gasteiger partial charge in [-0.2, -0.15) is 0 Å². The lowest BCUT2D eigenvalue weighted by Gasteiger charge is -2.37. The molecule has 0 aliphatic carbocycles. The van der Waals surface area contributed by atoms with E-state index >= 15 is 0 Å². The van der Waals surface area contributed by atoms with Crippen LogP contribution in [0.1, 0.15) is 37.9 Å². The number of carbonyl (C=O) groups excluding carboxylic acids is 1. The Morgan fingerprint density at radius 1 is 1.53 bits per heavy atom. The number of aliphatic hydroxyl groups excluding tert-OH is 1. The number of hydrogen-bond acceptors (Lipinski definition) is 3. The lowest BCUT2D eigenvalue weighted by molar-refractivity contribution is -0.119. The molecule has 1 aliphatic rings. The molecule has 1 fully saturated rings. The molecular weight excluding hydrogens is 247 g/mol. The number of halogens is 1. The highest BCUT2D eigenvalue weighted by Gasteiger charge is 2.29. The maximum Gasteiger partial charge on any atom is 0.240 e. The summed E-state index contributed by atoms with van der Waals surface area (Å²) in [6, 6.07) is 3.89. The first-order valence-electron chi connectivity index (χ1n) is 6.54. The van der Waals surface area contributed by atoms with Crippen LogP contribution in [0.25, 0.3) is 0 Å². The minimum Gasteiger partial charge on any atom is -0.389 e. The highest BCUT2D eigenvalue weighted by atomic mass is 19.1. The van der Waals surface area contributed by atoms with Gasteiger partial charge >= 0.3 is 0 Å². The topological polar surface area (TPSA) is 66.6 Å². The van der Waals surface area contributed by atoms with Gasteiger partial charge in [0.05, 0.1) is 6.10 Å². The van der Waals surface area contributed by atoms with Gasteiger partial charge in [-0.3, -0.25) is 4.79 Å². The first kappa shape index (κ1) is 13.8. The second kappa shape index (κ2) is 5.57. The highest BCUT2D eigenvalue weighted by molar-refractivity contribution is 5.84. The van der Waals surface area contributed by atoms with E-state index in [1.807, 2.05) is 4.90 Å². The van der Waals surface area contributed by atoms with Gasteiger partial charge in [-0.15, -0.1) is 0 Å². The largest absolute Gasteiger partial charge is 0.389 e.